The summed E-state index contributed by atoms with van der Waals surface area (Å²) in [5.74, 6) is 0. The predicted octanol–water partition coefficient (Wildman–Crippen LogP) is 7.53. The molecule has 2 aliphatic heterocycles. The lowest BCUT2D eigenvalue weighted by atomic mass is 9.90. The summed E-state index contributed by atoms with van der Waals surface area (Å²) in [6.07, 6.45) is -11.1. The molecule has 0 radical (unpaired) electrons. The molecule has 13 heteroatoms. The van der Waals surface area contributed by atoms with Crippen LogP contribution in [-0.4, -0.2) is 58.5 Å². The van der Waals surface area contributed by atoms with E-state index in [1.807, 2.05) is 6.08 Å². The van der Waals surface area contributed by atoms with Crippen molar-refractivity contribution in [2.75, 3.05) is 18.1 Å². The topological polar surface area (TPSA) is 65.4 Å². The van der Waals surface area contributed by atoms with Gasteiger partial charge in [0.15, 0.2) is 0 Å². The smallest absolute Gasteiger partial charge is 0.431 e. The lowest BCUT2D eigenvalue weighted by Crippen LogP contribution is -2.62. The van der Waals surface area contributed by atoms with Crippen LogP contribution in [0.2, 0.25) is 5.02 Å². The van der Waals surface area contributed by atoms with Gasteiger partial charge in [0.25, 0.3) is 5.60 Å². The van der Waals surface area contributed by atoms with Crippen LogP contribution in [0.3, 0.4) is 0 Å². The van der Waals surface area contributed by atoms with Gasteiger partial charge >= 0.3 is 18.4 Å². The number of anilines is 1. The highest BCUT2D eigenvalue weighted by molar-refractivity contribution is 6.31. The molecular formula is C28H28ClF6N3O3. The van der Waals surface area contributed by atoms with Crippen molar-refractivity contribution >= 4 is 34.7 Å². The van der Waals surface area contributed by atoms with Crippen molar-refractivity contribution in [3.8, 4) is 0 Å². The first-order valence-electron chi connectivity index (χ1n) is 12.7. The van der Waals surface area contributed by atoms with E-state index in [-0.39, 0.29) is 16.3 Å². The van der Waals surface area contributed by atoms with Gasteiger partial charge in [0.2, 0.25) is 0 Å². The van der Waals surface area contributed by atoms with Gasteiger partial charge in [-0.25, -0.2) is 4.79 Å². The molecule has 0 saturated heterocycles. The molecule has 2 heterocycles. The van der Waals surface area contributed by atoms with E-state index in [9.17, 15) is 36.2 Å². The minimum atomic E-state index is -6.06. The summed E-state index contributed by atoms with van der Waals surface area (Å²) in [6, 6.07) is 11.3. The fourth-order valence-corrected chi connectivity index (χ4v) is 4.96. The van der Waals surface area contributed by atoms with Gasteiger partial charge in [0.1, 0.15) is 5.60 Å². The molecule has 0 aliphatic carbocycles. The number of hydrazone groups is 1. The molecule has 1 amide bonds. The van der Waals surface area contributed by atoms with Gasteiger partial charge in [-0.15, -0.1) is 0 Å². The SMILES string of the molecule is CC(C)(C)OC(=O)N1CC=C(c2ccc(N3N=C(C(O)(C(F)(F)F)C(F)(F)F)CC3c3ccccc3Cl)cc2)CC1. The monoisotopic (exact) mass is 603 g/mol. The number of nitrogens with zero attached hydrogens (tertiary/aromatic N) is 3. The minimum Gasteiger partial charge on any atom is -0.444 e. The molecule has 6 nitrogen and oxygen atoms in total. The highest BCUT2D eigenvalue weighted by atomic mass is 35.5. The highest BCUT2D eigenvalue weighted by Crippen LogP contribution is 2.49. The first-order valence-corrected chi connectivity index (χ1v) is 13.0. The number of aliphatic hydroxyl groups is 1. The van der Waals surface area contributed by atoms with Crippen LogP contribution in [0.15, 0.2) is 59.7 Å². The maximum absolute atomic E-state index is 13.7. The number of ether oxygens (including phenoxy) is 1. The maximum atomic E-state index is 13.7. The normalized spacial score (nSPS) is 18.8. The summed E-state index contributed by atoms with van der Waals surface area (Å²) in [4.78, 5) is 13.9. The van der Waals surface area contributed by atoms with Crippen LogP contribution in [0.25, 0.3) is 5.57 Å². The van der Waals surface area contributed by atoms with E-state index in [2.05, 4.69) is 5.10 Å². The van der Waals surface area contributed by atoms with Gasteiger partial charge in [-0.1, -0.05) is 48.0 Å². The number of carbonyl (C=O) groups excluding carboxylic acids is 1. The number of rotatable bonds is 4. The molecule has 2 aromatic rings. The number of carbonyl (C=O) groups is 1. The molecule has 41 heavy (non-hydrogen) atoms. The van der Waals surface area contributed by atoms with Crippen molar-refractivity contribution in [2.45, 2.75) is 63.2 Å². The van der Waals surface area contributed by atoms with E-state index in [1.54, 1.807) is 49.9 Å². The Bertz CT molecular complexity index is 1340. The van der Waals surface area contributed by atoms with Crippen molar-refractivity contribution < 1.29 is 41.0 Å². The minimum absolute atomic E-state index is 0.125. The first-order chi connectivity index (χ1) is 18.9. The number of amides is 1. The first kappa shape index (κ1) is 30.7. The van der Waals surface area contributed by atoms with Crippen LogP contribution < -0.4 is 5.01 Å². The Balaban J connectivity index is 1.65. The molecule has 0 fully saturated rings. The zero-order chi connectivity index (χ0) is 30.4. The standard InChI is InChI=1S/C28H28ClF6N3O3/c1-25(2,3)41-24(39)37-14-12-18(13-15-37)17-8-10-19(11-9-17)38-22(20-6-4-5-7-21(20)29)16-23(36-38)26(40,27(30,31)32)28(33,34)35/h4-12,22,40H,13-16H2,1-3H3. The van der Waals surface area contributed by atoms with E-state index >= 15 is 0 Å². The highest BCUT2D eigenvalue weighted by Gasteiger charge is 2.74. The van der Waals surface area contributed by atoms with Crippen LogP contribution in [-0.2, 0) is 4.74 Å². The Morgan fingerprint density at radius 3 is 2.12 bits per heavy atom. The summed E-state index contributed by atoms with van der Waals surface area (Å²) >= 11 is 6.27. The van der Waals surface area contributed by atoms with E-state index in [1.165, 1.54) is 24.3 Å². The number of halogens is 7. The quantitative estimate of drug-likeness (QED) is 0.367. The fraction of sp³-hybridized carbons (Fsp3) is 0.429. The lowest BCUT2D eigenvalue weighted by Gasteiger charge is -2.32. The summed E-state index contributed by atoms with van der Waals surface area (Å²) in [6.45, 7) is 6.04. The number of hydrogen-bond donors (Lipinski definition) is 1. The Hall–Kier alpha value is -3.25. The van der Waals surface area contributed by atoms with Crippen molar-refractivity contribution in [2.24, 2.45) is 5.10 Å². The van der Waals surface area contributed by atoms with E-state index in [0.717, 1.165) is 16.1 Å². The second-order valence-electron chi connectivity index (χ2n) is 10.8. The zero-order valence-corrected chi connectivity index (χ0v) is 23.1. The predicted molar refractivity (Wildman–Crippen MR) is 143 cm³/mol. The average Bonchev–Trinajstić information content (AvgIpc) is 3.32. The number of alkyl halides is 6. The van der Waals surface area contributed by atoms with Gasteiger partial charge in [-0.3, -0.25) is 5.01 Å². The van der Waals surface area contributed by atoms with E-state index in [4.69, 9.17) is 16.3 Å². The molecule has 1 N–H and O–H groups in total. The lowest BCUT2D eigenvalue weighted by molar-refractivity contribution is -0.338. The van der Waals surface area contributed by atoms with Crippen LogP contribution in [0.4, 0.5) is 36.8 Å². The summed E-state index contributed by atoms with van der Waals surface area (Å²) in [5, 5.41) is 14.9. The van der Waals surface area contributed by atoms with Crippen molar-refractivity contribution in [1.82, 2.24) is 4.90 Å². The summed E-state index contributed by atoms with van der Waals surface area (Å²) in [7, 11) is 0. The fourth-order valence-electron chi connectivity index (χ4n) is 4.69. The van der Waals surface area contributed by atoms with Crippen molar-refractivity contribution in [3.63, 3.8) is 0 Å². The zero-order valence-electron chi connectivity index (χ0n) is 22.4. The third kappa shape index (κ3) is 6.18. The third-order valence-corrected chi connectivity index (χ3v) is 7.12. The number of benzene rings is 2. The molecule has 0 spiro atoms. The van der Waals surface area contributed by atoms with Crippen LogP contribution in [0.1, 0.15) is 50.8 Å². The summed E-state index contributed by atoms with van der Waals surface area (Å²) < 4.78 is 87.4. The van der Waals surface area contributed by atoms with E-state index in [0.29, 0.717) is 19.5 Å². The Morgan fingerprint density at radius 1 is 1.00 bits per heavy atom. The third-order valence-electron chi connectivity index (χ3n) is 6.78. The van der Waals surface area contributed by atoms with Crippen LogP contribution in [0.5, 0.6) is 0 Å². The molecule has 2 aliphatic rings. The Morgan fingerprint density at radius 2 is 1.61 bits per heavy atom. The molecule has 222 valence electrons. The molecule has 0 bridgehead atoms. The summed E-state index contributed by atoms with van der Waals surface area (Å²) in [5.41, 5.74) is -5.13. The van der Waals surface area contributed by atoms with Gasteiger partial charge in [-0.2, -0.15) is 31.4 Å². The second kappa shape index (κ2) is 10.9. The molecule has 1 unspecified atom stereocenters. The molecule has 4 rings (SSSR count). The van der Waals surface area contributed by atoms with Crippen molar-refractivity contribution in [3.05, 3.63) is 70.8 Å². The van der Waals surface area contributed by atoms with Crippen molar-refractivity contribution in [1.29, 1.82) is 0 Å². The molecule has 0 saturated carbocycles. The molecule has 1 atom stereocenters. The Kier molecular flexibility index (Phi) is 8.14. The van der Waals surface area contributed by atoms with Gasteiger partial charge < -0.3 is 14.7 Å². The van der Waals surface area contributed by atoms with Crippen LogP contribution in [0, 0.1) is 0 Å². The largest absolute Gasteiger partial charge is 0.444 e. The van der Waals surface area contributed by atoms with Gasteiger partial charge in [0.05, 0.1) is 17.4 Å². The van der Waals surface area contributed by atoms with E-state index < -0.39 is 47.8 Å². The number of hydrogen-bond acceptors (Lipinski definition) is 5. The molecular weight excluding hydrogens is 576 g/mol. The maximum Gasteiger partial charge on any atom is 0.431 e. The van der Waals surface area contributed by atoms with Crippen LogP contribution >= 0.6 is 11.6 Å². The second-order valence-corrected chi connectivity index (χ2v) is 11.2. The molecule has 0 aromatic heterocycles. The molecule has 2 aromatic carbocycles. The average molecular weight is 604 g/mol. The van der Waals surface area contributed by atoms with Gasteiger partial charge in [0, 0.05) is 24.5 Å². The Labute approximate surface area is 237 Å². The van der Waals surface area contributed by atoms with Gasteiger partial charge in [-0.05, 0) is 62.1 Å².